The van der Waals surface area contributed by atoms with Gasteiger partial charge in [0, 0.05) is 6.04 Å². The van der Waals surface area contributed by atoms with E-state index in [2.05, 4.69) is 15.9 Å². The van der Waals surface area contributed by atoms with E-state index in [-0.39, 0.29) is 23.8 Å². The van der Waals surface area contributed by atoms with Gasteiger partial charge in [0.1, 0.15) is 5.75 Å². The van der Waals surface area contributed by atoms with Gasteiger partial charge in [-0.1, -0.05) is 0 Å². The Bertz CT molecular complexity index is 404. The van der Waals surface area contributed by atoms with Crippen molar-refractivity contribution in [2.24, 2.45) is 5.73 Å². The molecule has 0 fully saturated rings. The molecule has 0 aliphatic carbocycles. The summed E-state index contributed by atoms with van der Waals surface area (Å²) in [5.41, 5.74) is 5.01. The van der Waals surface area contributed by atoms with Gasteiger partial charge in [-0.2, -0.15) is 13.2 Å². The molecule has 0 saturated carbocycles. The normalized spacial score (nSPS) is 13.6. The standard InChI is InChI=1S/C11H13BrF3NO/c1-6(16)3-7-4-9(12)10(17-2)5-8(7)11(13,14)15/h4-6H,3,16H2,1-2H3. The predicted molar refractivity (Wildman–Crippen MR) is 63.0 cm³/mol. The van der Waals surface area contributed by atoms with Crippen LogP contribution >= 0.6 is 15.9 Å². The molecule has 1 atom stereocenters. The second kappa shape index (κ2) is 5.27. The molecule has 1 aromatic rings. The number of rotatable bonds is 3. The minimum absolute atomic E-state index is 0.158. The third-order valence-electron chi connectivity index (χ3n) is 2.22. The summed E-state index contributed by atoms with van der Waals surface area (Å²) in [5.74, 6) is 0.158. The van der Waals surface area contributed by atoms with E-state index in [0.717, 1.165) is 6.07 Å². The molecule has 17 heavy (non-hydrogen) atoms. The molecule has 0 amide bonds. The number of hydrogen-bond donors (Lipinski definition) is 1. The van der Waals surface area contributed by atoms with Crippen LogP contribution in [0.25, 0.3) is 0 Å². The maximum Gasteiger partial charge on any atom is 0.416 e. The van der Waals surface area contributed by atoms with Crippen molar-refractivity contribution in [1.82, 2.24) is 0 Å². The second-order valence-electron chi connectivity index (χ2n) is 3.82. The molecule has 0 saturated heterocycles. The topological polar surface area (TPSA) is 35.2 Å². The van der Waals surface area contributed by atoms with E-state index < -0.39 is 11.7 Å². The van der Waals surface area contributed by atoms with Crippen LogP contribution in [0.4, 0.5) is 13.2 Å². The van der Waals surface area contributed by atoms with Crippen molar-refractivity contribution < 1.29 is 17.9 Å². The molecule has 6 heteroatoms. The smallest absolute Gasteiger partial charge is 0.416 e. The van der Waals surface area contributed by atoms with Crippen LogP contribution in [-0.4, -0.2) is 13.2 Å². The fraction of sp³-hybridized carbons (Fsp3) is 0.455. The molecule has 0 aromatic heterocycles. The fourth-order valence-electron chi connectivity index (χ4n) is 1.53. The van der Waals surface area contributed by atoms with E-state index in [1.807, 2.05) is 0 Å². The van der Waals surface area contributed by atoms with Gasteiger partial charge in [0.25, 0.3) is 0 Å². The van der Waals surface area contributed by atoms with E-state index in [1.54, 1.807) is 6.92 Å². The van der Waals surface area contributed by atoms with E-state index >= 15 is 0 Å². The molecule has 0 heterocycles. The van der Waals surface area contributed by atoms with Crippen molar-refractivity contribution in [3.63, 3.8) is 0 Å². The van der Waals surface area contributed by atoms with Crippen LogP contribution < -0.4 is 10.5 Å². The number of nitrogens with two attached hydrogens (primary N) is 1. The Morgan fingerprint density at radius 3 is 2.41 bits per heavy atom. The highest BCUT2D eigenvalue weighted by molar-refractivity contribution is 9.10. The number of halogens is 4. The first kappa shape index (κ1) is 14.3. The van der Waals surface area contributed by atoms with Crippen molar-refractivity contribution in [3.05, 3.63) is 27.7 Å². The van der Waals surface area contributed by atoms with Gasteiger partial charge in [-0.3, -0.25) is 0 Å². The summed E-state index contributed by atoms with van der Waals surface area (Å²) in [4.78, 5) is 0. The van der Waals surface area contributed by atoms with Crippen molar-refractivity contribution in [2.75, 3.05) is 7.11 Å². The zero-order chi connectivity index (χ0) is 13.2. The predicted octanol–water partition coefficient (Wildman–Crippen LogP) is 3.37. The van der Waals surface area contributed by atoms with Gasteiger partial charge in [-0.05, 0) is 47.0 Å². The first-order valence-corrected chi connectivity index (χ1v) is 5.74. The maximum absolute atomic E-state index is 12.8. The molecule has 0 bridgehead atoms. The Hall–Kier alpha value is -0.750. The van der Waals surface area contributed by atoms with Gasteiger partial charge in [0.05, 0.1) is 17.1 Å². The van der Waals surface area contributed by atoms with Gasteiger partial charge < -0.3 is 10.5 Å². The summed E-state index contributed by atoms with van der Waals surface area (Å²) < 4.78 is 43.9. The fourth-order valence-corrected chi connectivity index (χ4v) is 2.08. The Morgan fingerprint density at radius 2 is 2.00 bits per heavy atom. The molecular weight excluding hydrogens is 299 g/mol. The molecule has 0 aliphatic heterocycles. The summed E-state index contributed by atoms with van der Waals surface area (Å²) in [5, 5.41) is 0. The first-order valence-electron chi connectivity index (χ1n) is 4.95. The van der Waals surface area contributed by atoms with Crippen LogP contribution in [0.3, 0.4) is 0 Å². The van der Waals surface area contributed by atoms with Gasteiger partial charge in [-0.25, -0.2) is 0 Å². The molecule has 1 rings (SSSR count). The maximum atomic E-state index is 12.8. The first-order chi connectivity index (χ1) is 7.75. The third-order valence-corrected chi connectivity index (χ3v) is 2.84. The van der Waals surface area contributed by atoms with Gasteiger partial charge in [-0.15, -0.1) is 0 Å². The van der Waals surface area contributed by atoms with Crippen LogP contribution in [-0.2, 0) is 12.6 Å². The molecule has 1 aromatic carbocycles. The lowest BCUT2D eigenvalue weighted by Crippen LogP contribution is -2.20. The average molecular weight is 312 g/mol. The van der Waals surface area contributed by atoms with Gasteiger partial charge in [0.15, 0.2) is 0 Å². The average Bonchev–Trinajstić information content (AvgIpc) is 2.14. The van der Waals surface area contributed by atoms with Crippen molar-refractivity contribution >= 4 is 15.9 Å². The molecule has 2 N–H and O–H groups in total. The quantitative estimate of drug-likeness (QED) is 0.929. The Kier molecular flexibility index (Phi) is 4.43. The lowest BCUT2D eigenvalue weighted by atomic mass is 10.0. The zero-order valence-corrected chi connectivity index (χ0v) is 11.0. The van der Waals surface area contributed by atoms with E-state index in [0.29, 0.717) is 4.47 Å². The van der Waals surface area contributed by atoms with Crippen LogP contribution in [0.15, 0.2) is 16.6 Å². The van der Waals surface area contributed by atoms with Crippen molar-refractivity contribution in [2.45, 2.75) is 25.6 Å². The molecule has 0 radical (unpaired) electrons. The number of alkyl halides is 3. The van der Waals surface area contributed by atoms with Crippen LogP contribution in [0.2, 0.25) is 0 Å². The van der Waals surface area contributed by atoms with Gasteiger partial charge >= 0.3 is 6.18 Å². The Balaban J connectivity index is 3.31. The molecule has 2 nitrogen and oxygen atoms in total. The Labute approximate surface area is 106 Å². The number of hydrogen-bond acceptors (Lipinski definition) is 2. The molecule has 0 aliphatic rings. The zero-order valence-electron chi connectivity index (χ0n) is 9.44. The highest BCUT2D eigenvalue weighted by Crippen LogP contribution is 2.38. The highest BCUT2D eigenvalue weighted by atomic mass is 79.9. The van der Waals surface area contributed by atoms with Gasteiger partial charge in [0.2, 0.25) is 0 Å². The molecule has 96 valence electrons. The molecule has 0 spiro atoms. The van der Waals surface area contributed by atoms with Crippen molar-refractivity contribution in [1.29, 1.82) is 0 Å². The monoisotopic (exact) mass is 311 g/mol. The van der Waals surface area contributed by atoms with E-state index in [1.165, 1.54) is 13.2 Å². The minimum Gasteiger partial charge on any atom is -0.496 e. The van der Waals surface area contributed by atoms with E-state index in [9.17, 15) is 13.2 Å². The highest BCUT2D eigenvalue weighted by Gasteiger charge is 2.34. The van der Waals surface area contributed by atoms with Crippen LogP contribution in [0.5, 0.6) is 5.75 Å². The summed E-state index contributed by atoms with van der Waals surface area (Å²) in [6.45, 7) is 1.66. The summed E-state index contributed by atoms with van der Waals surface area (Å²) in [6.07, 6.45) is -4.24. The molecule has 1 unspecified atom stereocenters. The number of benzene rings is 1. The number of methoxy groups -OCH3 is 1. The largest absolute Gasteiger partial charge is 0.496 e. The number of ether oxygens (including phenoxy) is 1. The second-order valence-corrected chi connectivity index (χ2v) is 4.68. The summed E-state index contributed by atoms with van der Waals surface area (Å²) >= 11 is 3.16. The SMILES string of the molecule is COc1cc(C(F)(F)F)c(CC(C)N)cc1Br. The summed E-state index contributed by atoms with van der Waals surface area (Å²) in [7, 11) is 1.32. The Morgan fingerprint density at radius 1 is 1.41 bits per heavy atom. The van der Waals surface area contributed by atoms with E-state index in [4.69, 9.17) is 10.5 Å². The summed E-state index contributed by atoms with van der Waals surface area (Å²) in [6, 6.07) is 2.06. The lowest BCUT2D eigenvalue weighted by molar-refractivity contribution is -0.138. The van der Waals surface area contributed by atoms with Crippen LogP contribution in [0.1, 0.15) is 18.1 Å². The van der Waals surface area contributed by atoms with Crippen molar-refractivity contribution in [3.8, 4) is 5.75 Å². The molecular formula is C11H13BrF3NO. The van der Waals surface area contributed by atoms with Crippen LogP contribution in [0, 0.1) is 0 Å². The lowest BCUT2D eigenvalue weighted by Gasteiger charge is -2.16. The third kappa shape index (κ3) is 3.61. The minimum atomic E-state index is -4.40.